The number of fused-ring (bicyclic) bond motifs is 1. The Morgan fingerprint density at radius 1 is 1.29 bits per heavy atom. The first-order valence-electron chi connectivity index (χ1n) is 7.12. The minimum Gasteiger partial charge on any atom is -0.508 e. The molecule has 0 radical (unpaired) electrons. The van der Waals surface area contributed by atoms with Crippen molar-refractivity contribution in [2.24, 2.45) is 0 Å². The second-order valence-corrected chi connectivity index (χ2v) is 5.44. The number of nitrogen functional groups attached to an aromatic ring is 1. The van der Waals surface area contributed by atoms with Gasteiger partial charge >= 0.3 is 0 Å². The lowest BCUT2D eigenvalue weighted by molar-refractivity contribution is 0.242. The predicted molar refractivity (Wildman–Crippen MR) is 83.3 cm³/mol. The molecule has 0 saturated heterocycles. The normalized spacial score (nSPS) is 14.7. The van der Waals surface area contributed by atoms with Crippen molar-refractivity contribution < 1.29 is 9.84 Å². The molecule has 2 aromatic carbocycles. The third-order valence-corrected chi connectivity index (χ3v) is 4.06. The van der Waals surface area contributed by atoms with E-state index in [0.29, 0.717) is 12.3 Å². The molecule has 4 heteroatoms. The second kappa shape index (κ2) is 5.66. The second-order valence-electron chi connectivity index (χ2n) is 5.44. The molecular formula is C17H20N2O2. The van der Waals surface area contributed by atoms with Crippen molar-refractivity contribution in [3.05, 3.63) is 53.1 Å². The summed E-state index contributed by atoms with van der Waals surface area (Å²) in [5.74, 6) is 1.08. The molecule has 0 saturated carbocycles. The van der Waals surface area contributed by atoms with Crippen LogP contribution in [0.4, 0.5) is 5.69 Å². The van der Waals surface area contributed by atoms with Crippen LogP contribution in [0.1, 0.15) is 16.7 Å². The van der Waals surface area contributed by atoms with Gasteiger partial charge in [0.05, 0.1) is 7.11 Å². The Kier molecular flexibility index (Phi) is 3.71. The lowest BCUT2D eigenvalue weighted by Gasteiger charge is -2.29. The van der Waals surface area contributed by atoms with E-state index in [9.17, 15) is 5.11 Å². The van der Waals surface area contributed by atoms with Gasteiger partial charge < -0.3 is 15.6 Å². The fourth-order valence-corrected chi connectivity index (χ4v) is 2.89. The molecule has 0 atom stereocenters. The third kappa shape index (κ3) is 2.81. The predicted octanol–water partition coefficient (Wildman–Crippen LogP) is 2.54. The average Bonchev–Trinajstić information content (AvgIpc) is 2.50. The molecule has 0 amide bonds. The van der Waals surface area contributed by atoms with E-state index in [4.69, 9.17) is 10.5 Å². The molecule has 1 aliphatic heterocycles. The van der Waals surface area contributed by atoms with Crippen LogP contribution in [0, 0.1) is 0 Å². The van der Waals surface area contributed by atoms with Crippen LogP contribution in [-0.4, -0.2) is 23.7 Å². The summed E-state index contributed by atoms with van der Waals surface area (Å²) in [7, 11) is 1.63. The molecule has 2 aromatic rings. The van der Waals surface area contributed by atoms with Gasteiger partial charge in [-0.25, -0.2) is 0 Å². The molecule has 4 nitrogen and oxygen atoms in total. The van der Waals surface area contributed by atoms with E-state index in [-0.39, 0.29) is 0 Å². The van der Waals surface area contributed by atoms with Gasteiger partial charge in [-0.05, 0) is 41.8 Å². The molecule has 3 rings (SSSR count). The van der Waals surface area contributed by atoms with E-state index >= 15 is 0 Å². The highest BCUT2D eigenvalue weighted by molar-refractivity contribution is 5.52. The summed E-state index contributed by atoms with van der Waals surface area (Å²) in [6.45, 7) is 2.51. The van der Waals surface area contributed by atoms with Gasteiger partial charge in [-0.1, -0.05) is 12.1 Å². The smallest absolute Gasteiger partial charge is 0.120 e. The number of anilines is 1. The Balaban J connectivity index is 1.78. The highest BCUT2D eigenvalue weighted by Gasteiger charge is 2.19. The van der Waals surface area contributed by atoms with Crippen LogP contribution in [0.15, 0.2) is 36.4 Å². The van der Waals surface area contributed by atoms with Crippen LogP contribution < -0.4 is 10.5 Å². The zero-order valence-electron chi connectivity index (χ0n) is 12.2. The maximum absolute atomic E-state index is 10.00. The van der Waals surface area contributed by atoms with Crippen molar-refractivity contribution in [3.63, 3.8) is 0 Å². The number of phenolic OH excluding ortho intramolecular Hbond substituents is 1. The summed E-state index contributed by atoms with van der Waals surface area (Å²) < 4.78 is 5.22. The number of phenols is 1. The van der Waals surface area contributed by atoms with E-state index < -0.39 is 0 Å². The monoisotopic (exact) mass is 284 g/mol. The van der Waals surface area contributed by atoms with Gasteiger partial charge in [0.25, 0.3) is 0 Å². The minimum atomic E-state index is 0.314. The first kappa shape index (κ1) is 13.8. The highest BCUT2D eigenvalue weighted by Crippen LogP contribution is 2.28. The van der Waals surface area contributed by atoms with Crippen molar-refractivity contribution in [2.75, 3.05) is 19.4 Å². The SMILES string of the molecule is COc1ccc(O)c(CN2CCc3c(N)cccc3C2)c1. The van der Waals surface area contributed by atoms with Crippen LogP contribution in [0.2, 0.25) is 0 Å². The van der Waals surface area contributed by atoms with Gasteiger partial charge in [-0.3, -0.25) is 4.90 Å². The number of rotatable bonds is 3. The van der Waals surface area contributed by atoms with Crippen LogP contribution in [0.25, 0.3) is 0 Å². The fraction of sp³-hybridized carbons (Fsp3) is 0.294. The third-order valence-electron chi connectivity index (χ3n) is 4.06. The lowest BCUT2D eigenvalue weighted by atomic mass is 9.97. The quantitative estimate of drug-likeness (QED) is 0.850. The van der Waals surface area contributed by atoms with Crippen LogP contribution in [0.3, 0.4) is 0 Å². The molecule has 1 heterocycles. The number of benzene rings is 2. The summed E-state index contributed by atoms with van der Waals surface area (Å²) in [5, 5.41) is 10.00. The highest BCUT2D eigenvalue weighted by atomic mass is 16.5. The number of methoxy groups -OCH3 is 1. The van der Waals surface area contributed by atoms with Crippen molar-refractivity contribution in [2.45, 2.75) is 19.5 Å². The molecule has 3 N–H and O–H groups in total. The standard InChI is InChI=1S/C17H20N2O2/c1-21-14-5-6-17(20)13(9-14)11-19-8-7-15-12(10-19)3-2-4-16(15)18/h2-6,9,20H,7-8,10-11,18H2,1H3. The van der Waals surface area contributed by atoms with E-state index in [1.165, 1.54) is 11.1 Å². The number of nitrogens with zero attached hydrogens (tertiary/aromatic N) is 1. The Labute approximate surface area is 124 Å². The van der Waals surface area contributed by atoms with Crippen LogP contribution in [-0.2, 0) is 19.5 Å². The molecule has 21 heavy (non-hydrogen) atoms. The molecule has 0 unspecified atom stereocenters. The first-order valence-corrected chi connectivity index (χ1v) is 7.12. The van der Waals surface area contributed by atoms with E-state index in [2.05, 4.69) is 11.0 Å². The zero-order valence-corrected chi connectivity index (χ0v) is 12.2. The lowest BCUT2D eigenvalue weighted by Crippen LogP contribution is -2.30. The summed E-state index contributed by atoms with van der Waals surface area (Å²) in [6, 6.07) is 11.4. The largest absolute Gasteiger partial charge is 0.508 e. The fourth-order valence-electron chi connectivity index (χ4n) is 2.89. The molecule has 1 aliphatic rings. The summed E-state index contributed by atoms with van der Waals surface area (Å²) in [5.41, 5.74) is 10.4. The maximum atomic E-state index is 10.00. The Morgan fingerprint density at radius 3 is 2.95 bits per heavy atom. The van der Waals surface area contributed by atoms with Crippen molar-refractivity contribution >= 4 is 5.69 Å². The van der Waals surface area contributed by atoms with E-state index in [1.807, 2.05) is 18.2 Å². The Morgan fingerprint density at radius 2 is 2.14 bits per heavy atom. The first-order chi connectivity index (χ1) is 10.2. The molecule has 0 spiro atoms. The van der Waals surface area contributed by atoms with Crippen molar-refractivity contribution in [1.82, 2.24) is 4.90 Å². The molecule has 0 aromatic heterocycles. The van der Waals surface area contributed by atoms with Gasteiger partial charge in [0, 0.05) is 30.9 Å². The van der Waals surface area contributed by atoms with E-state index in [0.717, 1.165) is 36.5 Å². The Bertz CT molecular complexity index is 655. The maximum Gasteiger partial charge on any atom is 0.120 e. The van der Waals surface area contributed by atoms with Crippen molar-refractivity contribution in [3.8, 4) is 11.5 Å². The van der Waals surface area contributed by atoms with Gasteiger partial charge in [-0.2, -0.15) is 0 Å². The van der Waals surface area contributed by atoms with Gasteiger partial charge in [0.2, 0.25) is 0 Å². The van der Waals surface area contributed by atoms with E-state index in [1.54, 1.807) is 19.2 Å². The number of aromatic hydroxyl groups is 1. The topological polar surface area (TPSA) is 58.7 Å². The number of nitrogens with two attached hydrogens (primary N) is 1. The van der Waals surface area contributed by atoms with Gasteiger partial charge in [0.15, 0.2) is 0 Å². The molecule has 0 bridgehead atoms. The minimum absolute atomic E-state index is 0.314. The van der Waals surface area contributed by atoms with Gasteiger partial charge in [0.1, 0.15) is 11.5 Å². The Hall–Kier alpha value is -2.20. The molecule has 0 fully saturated rings. The number of ether oxygens (including phenoxy) is 1. The summed E-state index contributed by atoms with van der Waals surface area (Å²) in [6.07, 6.45) is 0.951. The number of hydrogen-bond acceptors (Lipinski definition) is 4. The van der Waals surface area contributed by atoms with Gasteiger partial charge in [-0.15, -0.1) is 0 Å². The number of hydrogen-bond donors (Lipinski definition) is 2. The summed E-state index contributed by atoms with van der Waals surface area (Å²) in [4.78, 5) is 2.32. The zero-order chi connectivity index (χ0) is 14.8. The summed E-state index contributed by atoms with van der Waals surface area (Å²) >= 11 is 0. The van der Waals surface area contributed by atoms with Crippen LogP contribution in [0.5, 0.6) is 11.5 Å². The average molecular weight is 284 g/mol. The van der Waals surface area contributed by atoms with Crippen LogP contribution >= 0.6 is 0 Å². The van der Waals surface area contributed by atoms with Crippen molar-refractivity contribution in [1.29, 1.82) is 0 Å². The molecule has 0 aliphatic carbocycles. The molecule has 110 valence electrons. The molecular weight excluding hydrogens is 264 g/mol.